The van der Waals surface area contributed by atoms with E-state index < -0.39 is 23.4 Å². The molecule has 0 radical (unpaired) electrons. The maximum Gasteiger partial charge on any atom is 0.238 e. The second-order valence-electron chi connectivity index (χ2n) is 10.4. The lowest BCUT2D eigenvalue weighted by Gasteiger charge is -2.37. The molecule has 1 fully saturated rings. The van der Waals surface area contributed by atoms with Crippen LogP contribution >= 0.6 is 0 Å². The largest absolute Gasteiger partial charge is 0.497 e. The third kappa shape index (κ3) is 3.26. The molecule has 0 aromatic heterocycles. The molecule has 1 spiro atoms. The molecule has 40 heavy (non-hydrogen) atoms. The van der Waals surface area contributed by atoms with Crippen molar-refractivity contribution in [2.45, 2.75) is 17.5 Å². The van der Waals surface area contributed by atoms with Crippen molar-refractivity contribution >= 4 is 34.9 Å². The number of carbonyl (C=O) groups is 3. The summed E-state index contributed by atoms with van der Waals surface area (Å²) in [6.45, 7) is 0. The average molecular weight is 527 g/mol. The minimum absolute atomic E-state index is 0.198. The molecule has 0 aliphatic carbocycles. The third-order valence-corrected chi connectivity index (χ3v) is 8.53. The van der Waals surface area contributed by atoms with Gasteiger partial charge in [0, 0.05) is 22.5 Å². The Morgan fingerprint density at radius 2 is 1.48 bits per heavy atom. The third-order valence-electron chi connectivity index (χ3n) is 8.53. The van der Waals surface area contributed by atoms with E-state index in [0.29, 0.717) is 22.6 Å². The predicted molar refractivity (Wildman–Crippen MR) is 154 cm³/mol. The van der Waals surface area contributed by atoms with Gasteiger partial charge in [0.2, 0.25) is 5.91 Å². The van der Waals surface area contributed by atoms with Crippen molar-refractivity contribution in [2.24, 2.45) is 5.92 Å². The topological polar surface area (TPSA) is 75.7 Å². The van der Waals surface area contributed by atoms with Crippen molar-refractivity contribution in [1.29, 1.82) is 0 Å². The van der Waals surface area contributed by atoms with Crippen LogP contribution in [0.15, 0.2) is 109 Å². The lowest BCUT2D eigenvalue weighted by atomic mass is 9.64. The van der Waals surface area contributed by atoms with E-state index in [1.54, 1.807) is 43.5 Å². The van der Waals surface area contributed by atoms with E-state index in [2.05, 4.69) is 5.32 Å². The number of anilines is 2. The zero-order valence-electron chi connectivity index (χ0n) is 21.8. The Kier molecular flexibility index (Phi) is 5.46. The summed E-state index contributed by atoms with van der Waals surface area (Å²) in [6, 6.07) is 29.7. The fourth-order valence-electron chi connectivity index (χ4n) is 6.83. The van der Waals surface area contributed by atoms with Gasteiger partial charge in [-0.25, -0.2) is 0 Å². The van der Waals surface area contributed by atoms with Crippen molar-refractivity contribution in [1.82, 2.24) is 0 Å². The summed E-state index contributed by atoms with van der Waals surface area (Å²) in [5, 5.41) is 3.06. The Bertz CT molecular complexity index is 1690. The van der Waals surface area contributed by atoms with Gasteiger partial charge < -0.3 is 15.0 Å². The molecule has 7 rings (SSSR count). The number of ketones is 2. The van der Waals surface area contributed by atoms with Crippen molar-refractivity contribution in [3.63, 3.8) is 0 Å². The quantitative estimate of drug-likeness (QED) is 0.345. The van der Waals surface area contributed by atoms with Gasteiger partial charge in [-0.15, -0.1) is 0 Å². The van der Waals surface area contributed by atoms with E-state index in [0.717, 1.165) is 16.8 Å². The van der Waals surface area contributed by atoms with Crippen molar-refractivity contribution in [3.05, 3.63) is 131 Å². The molecule has 6 nitrogen and oxygen atoms in total. The zero-order valence-corrected chi connectivity index (χ0v) is 21.8. The first kappa shape index (κ1) is 24.1. The maximum absolute atomic E-state index is 14.7. The first-order valence-electron chi connectivity index (χ1n) is 13.3. The number of methoxy groups -OCH3 is 1. The van der Waals surface area contributed by atoms with E-state index in [1.165, 1.54) is 0 Å². The molecule has 3 heterocycles. The van der Waals surface area contributed by atoms with Crippen molar-refractivity contribution in [2.75, 3.05) is 17.3 Å². The second kappa shape index (κ2) is 9.06. The Labute approximate surface area is 231 Å². The molecule has 4 aromatic rings. The Morgan fingerprint density at radius 1 is 0.800 bits per heavy atom. The first-order valence-corrected chi connectivity index (χ1v) is 13.3. The summed E-state index contributed by atoms with van der Waals surface area (Å²) in [6.07, 6.45) is 3.98. The van der Waals surface area contributed by atoms with Crippen LogP contribution in [-0.2, 0) is 10.2 Å². The molecule has 3 aliphatic rings. The van der Waals surface area contributed by atoms with E-state index in [1.807, 2.05) is 83.8 Å². The van der Waals surface area contributed by atoms with E-state index in [9.17, 15) is 14.4 Å². The molecule has 0 saturated carbocycles. The van der Waals surface area contributed by atoms with Crippen molar-refractivity contribution < 1.29 is 19.1 Å². The first-order chi connectivity index (χ1) is 19.6. The average Bonchev–Trinajstić information content (AvgIpc) is 3.49. The molecule has 0 bridgehead atoms. The normalized spacial score (nSPS) is 23.8. The van der Waals surface area contributed by atoms with Gasteiger partial charge in [0.15, 0.2) is 11.6 Å². The molecular weight excluding hydrogens is 500 g/mol. The number of para-hydroxylation sites is 2. The summed E-state index contributed by atoms with van der Waals surface area (Å²) in [5.41, 5.74) is 2.75. The van der Waals surface area contributed by atoms with Crippen LogP contribution in [-0.4, -0.2) is 36.7 Å². The Morgan fingerprint density at radius 3 is 2.25 bits per heavy atom. The van der Waals surface area contributed by atoms with Crippen molar-refractivity contribution in [3.8, 4) is 5.75 Å². The number of carbonyl (C=O) groups excluding carboxylic acids is 3. The van der Waals surface area contributed by atoms with Crippen LogP contribution in [0.2, 0.25) is 0 Å². The molecule has 4 aromatic carbocycles. The summed E-state index contributed by atoms with van der Waals surface area (Å²) >= 11 is 0. The van der Waals surface area contributed by atoms with E-state index in [4.69, 9.17) is 4.74 Å². The summed E-state index contributed by atoms with van der Waals surface area (Å²) in [5.74, 6) is -1.12. The number of hydrogen-bond donors (Lipinski definition) is 1. The number of nitrogens with zero attached hydrogens (tertiary/aromatic N) is 1. The second-order valence-corrected chi connectivity index (χ2v) is 10.4. The highest BCUT2D eigenvalue weighted by Gasteiger charge is 2.70. The highest BCUT2D eigenvalue weighted by molar-refractivity contribution is 6.18. The van der Waals surface area contributed by atoms with Crippen LogP contribution < -0.4 is 15.0 Å². The molecule has 196 valence electrons. The van der Waals surface area contributed by atoms with Gasteiger partial charge in [0.25, 0.3) is 0 Å². The standard InChI is InChI=1S/C34H26N2O4/c1-40-24-18-15-23(16-19-24)31(37)29-30(32(38)22-10-3-2-4-11-22)36-27-14-8-5-9-21(27)17-20-28(36)34(29)25-12-6-7-13-26(25)35-33(34)39/h2-20,28-30H,1H3,(H,35,39). The highest BCUT2D eigenvalue weighted by atomic mass is 16.5. The minimum atomic E-state index is -1.33. The molecule has 3 aliphatic heterocycles. The number of rotatable bonds is 5. The van der Waals surface area contributed by atoms with Gasteiger partial charge in [-0.3, -0.25) is 14.4 Å². The number of Topliss-reactive ketones (excluding diaryl/α,β-unsaturated/α-hetero) is 2. The van der Waals surface area contributed by atoms with Gasteiger partial charge in [0.05, 0.1) is 19.1 Å². The molecule has 1 saturated heterocycles. The number of amides is 1. The summed E-state index contributed by atoms with van der Waals surface area (Å²) in [7, 11) is 1.57. The molecule has 4 unspecified atom stereocenters. The molecule has 1 amide bonds. The smallest absolute Gasteiger partial charge is 0.238 e. The molecular formula is C34H26N2O4. The summed E-state index contributed by atoms with van der Waals surface area (Å²) < 4.78 is 5.32. The number of ether oxygens (including phenoxy) is 1. The molecule has 6 heteroatoms. The number of fused-ring (bicyclic) bond motifs is 6. The van der Waals surface area contributed by atoms with Crippen LogP contribution in [0.4, 0.5) is 11.4 Å². The van der Waals surface area contributed by atoms with Gasteiger partial charge in [0.1, 0.15) is 17.2 Å². The van der Waals surface area contributed by atoms with Crippen LogP contribution in [0.5, 0.6) is 5.75 Å². The summed E-state index contributed by atoms with van der Waals surface area (Å²) in [4.78, 5) is 45.6. The lowest BCUT2D eigenvalue weighted by Crippen LogP contribution is -2.51. The maximum atomic E-state index is 14.7. The van der Waals surface area contributed by atoms with Gasteiger partial charge in [-0.2, -0.15) is 0 Å². The Hall–Kier alpha value is -4.97. The fourth-order valence-corrected chi connectivity index (χ4v) is 6.83. The van der Waals surface area contributed by atoms with Crippen LogP contribution in [0.25, 0.3) is 6.08 Å². The van der Waals surface area contributed by atoms with Gasteiger partial charge in [-0.1, -0.05) is 78.9 Å². The lowest BCUT2D eigenvalue weighted by molar-refractivity contribution is -0.121. The van der Waals surface area contributed by atoms with Crippen LogP contribution in [0.1, 0.15) is 31.8 Å². The molecule has 1 N–H and O–H groups in total. The monoisotopic (exact) mass is 526 g/mol. The SMILES string of the molecule is COc1ccc(C(=O)C2C(C(=O)c3ccccc3)N3c4ccccc4C=CC3C23C(=O)Nc2ccccc23)cc1. The predicted octanol–water partition coefficient (Wildman–Crippen LogP) is 5.55. The van der Waals surface area contributed by atoms with Gasteiger partial charge in [-0.05, 0) is 47.5 Å². The zero-order chi connectivity index (χ0) is 27.4. The highest BCUT2D eigenvalue weighted by Crippen LogP contribution is 2.58. The van der Waals surface area contributed by atoms with E-state index in [-0.39, 0.29) is 17.5 Å². The van der Waals surface area contributed by atoms with E-state index >= 15 is 0 Å². The minimum Gasteiger partial charge on any atom is -0.497 e. The number of hydrogen-bond acceptors (Lipinski definition) is 5. The van der Waals surface area contributed by atoms with Crippen LogP contribution in [0.3, 0.4) is 0 Å². The Balaban J connectivity index is 1.52. The fraction of sp³-hybridized carbons (Fsp3) is 0.147. The number of nitrogens with one attached hydrogen (secondary N) is 1. The number of benzene rings is 4. The van der Waals surface area contributed by atoms with Gasteiger partial charge >= 0.3 is 0 Å². The molecule has 4 atom stereocenters. The van der Waals surface area contributed by atoms with Crippen LogP contribution in [0, 0.1) is 5.92 Å².